The second kappa shape index (κ2) is 22.3. The van der Waals surface area contributed by atoms with Crippen molar-refractivity contribution >= 4 is 78.9 Å². The number of benzene rings is 2. The number of fused-ring (bicyclic) bond motifs is 1. The van der Waals surface area contributed by atoms with Crippen LogP contribution < -0.4 is 32.4 Å². The number of aromatic carboxylic acids is 1. The summed E-state index contributed by atoms with van der Waals surface area (Å²) < 4.78 is 74.9. The van der Waals surface area contributed by atoms with Gasteiger partial charge in [-0.1, -0.05) is 32.0 Å². The highest BCUT2D eigenvalue weighted by Crippen LogP contribution is 2.37. The lowest BCUT2D eigenvalue weighted by Crippen LogP contribution is -2.71. The van der Waals surface area contributed by atoms with Crippen LogP contribution in [0.3, 0.4) is 0 Å². The van der Waals surface area contributed by atoms with E-state index >= 15 is 0 Å². The number of carboxylic acid groups (broad SMARTS) is 2. The number of nitrogens with two attached hydrogens (primary N) is 2. The number of aromatic nitrogens is 3. The molecule has 3 atom stereocenters. The topological polar surface area (TPSA) is 348 Å². The number of thiazole rings is 1. The molecule has 28 heteroatoms. The second-order valence-electron chi connectivity index (χ2n) is 19.4. The highest BCUT2D eigenvalue weighted by atomic mass is 32.2. The lowest BCUT2D eigenvalue weighted by Gasteiger charge is -2.42. The number of nitrogens with one attached hydrogen (secondary N) is 2. The number of aliphatic carboxylic acids is 1. The number of oxime groups is 1. The molecule has 0 aliphatic carbocycles. The number of amidine groups is 1. The van der Waals surface area contributed by atoms with Crippen LogP contribution in [0.25, 0.3) is 16.7 Å². The Morgan fingerprint density at radius 1 is 1.04 bits per heavy atom. The van der Waals surface area contributed by atoms with Crippen LogP contribution in [0.15, 0.2) is 56.9 Å². The Balaban J connectivity index is 0.000000189. The molecule has 6 heterocycles. The highest BCUT2D eigenvalue weighted by Gasteiger charge is 2.52. The van der Waals surface area contributed by atoms with Crippen LogP contribution in [0.2, 0.25) is 0 Å². The van der Waals surface area contributed by atoms with E-state index in [1.807, 2.05) is 6.92 Å². The summed E-state index contributed by atoms with van der Waals surface area (Å²) in [6.07, 6.45) is 2.31. The zero-order valence-electron chi connectivity index (χ0n) is 42.3. The van der Waals surface area contributed by atoms with Crippen LogP contribution in [-0.2, 0) is 41.4 Å². The number of β-lactam (4-membered cyclic amide) rings is 1. The Hall–Kier alpha value is -7.69. The molecule has 408 valence electrons. The maximum absolute atomic E-state index is 14.7. The van der Waals surface area contributed by atoms with Crippen molar-refractivity contribution in [1.29, 1.82) is 0 Å². The Morgan fingerprint density at radius 3 is 2.25 bits per heavy atom. The number of phenols is 1. The number of halogens is 3. The van der Waals surface area contributed by atoms with Crippen LogP contribution in [0.4, 0.5) is 24.1 Å². The lowest BCUT2D eigenvalue weighted by atomic mass is 9.82. The predicted octanol–water partition coefficient (Wildman–Crippen LogP) is 3.72. The number of pyridine rings is 2. The molecule has 0 radical (unpaired) electrons. The summed E-state index contributed by atoms with van der Waals surface area (Å²) >= 11 is 0.980. The van der Waals surface area contributed by atoms with E-state index in [1.165, 1.54) is 37.3 Å². The largest absolute Gasteiger partial charge is 0.507 e. The van der Waals surface area contributed by atoms with Gasteiger partial charge in [0, 0.05) is 49.7 Å². The molecular weight excluding hydrogens is 1040 g/mol. The van der Waals surface area contributed by atoms with Gasteiger partial charge in [0.2, 0.25) is 11.0 Å². The molecule has 2 amide bonds. The van der Waals surface area contributed by atoms with Gasteiger partial charge in [-0.3, -0.25) is 28.5 Å². The Morgan fingerprint density at radius 2 is 1.72 bits per heavy atom. The summed E-state index contributed by atoms with van der Waals surface area (Å²) in [6, 6.07) is 3.19. The van der Waals surface area contributed by atoms with Crippen molar-refractivity contribution in [3.63, 3.8) is 0 Å². The average molecular weight is 1100 g/mol. The van der Waals surface area contributed by atoms with E-state index < -0.39 is 85.9 Å². The molecule has 2 saturated heterocycles. The molecule has 3 aliphatic heterocycles. The summed E-state index contributed by atoms with van der Waals surface area (Å²) in [6.45, 7) is 16.8. The van der Waals surface area contributed by atoms with Gasteiger partial charge in [0.25, 0.3) is 11.8 Å². The third kappa shape index (κ3) is 12.5. The summed E-state index contributed by atoms with van der Waals surface area (Å²) in [7, 11) is -4.76. The normalized spacial score (nSPS) is 17.7. The Kier molecular flexibility index (Phi) is 16.9. The molecule has 8 rings (SSSR count). The molecule has 0 saturated carbocycles. The van der Waals surface area contributed by atoms with Gasteiger partial charge in [-0.15, -0.1) is 11.3 Å². The number of rotatable bonds is 12. The molecular formula is C48H56F3N11O12S2. The Labute approximate surface area is 437 Å². The van der Waals surface area contributed by atoms with E-state index in [0.29, 0.717) is 31.3 Å². The number of carbonyl (C=O) groups is 4. The first-order chi connectivity index (χ1) is 35.3. The van der Waals surface area contributed by atoms with Crippen molar-refractivity contribution in [2.45, 2.75) is 97.4 Å². The molecule has 2 fully saturated rings. The number of nitrogen functional groups attached to an aromatic ring is 1. The van der Waals surface area contributed by atoms with E-state index in [-0.39, 0.29) is 49.1 Å². The quantitative estimate of drug-likeness (QED) is 0.0382. The summed E-state index contributed by atoms with van der Waals surface area (Å²) in [5, 5.41) is 39.1. The van der Waals surface area contributed by atoms with Gasteiger partial charge in [0.15, 0.2) is 28.1 Å². The molecule has 0 bridgehead atoms. The van der Waals surface area contributed by atoms with Gasteiger partial charge in [0.1, 0.15) is 40.5 Å². The fraction of sp³-hybridized carbons (Fsp3) is 0.396. The average Bonchev–Trinajstić information content (AvgIpc) is 4.11. The minimum absolute atomic E-state index is 0.0350. The van der Waals surface area contributed by atoms with Crippen molar-refractivity contribution in [3.05, 3.63) is 103 Å². The summed E-state index contributed by atoms with van der Waals surface area (Å²) in [5.74, 6) is -6.20. The van der Waals surface area contributed by atoms with E-state index in [2.05, 4.69) is 64.5 Å². The van der Waals surface area contributed by atoms with Crippen LogP contribution in [0.1, 0.15) is 86.3 Å². The van der Waals surface area contributed by atoms with Gasteiger partial charge in [0.05, 0.1) is 23.7 Å². The number of aryl methyl sites for hydroxylation is 1. The van der Waals surface area contributed by atoms with Gasteiger partial charge in [-0.2, -0.15) is 8.42 Å². The fourth-order valence-corrected chi connectivity index (χ4v) is 9.56. The highest BCUT2D eigenvalue weighted by molar-refractivity contribution is 7.84. The molecule has 10 N–H and O–H groups in total. The lowest BCUT2D eigenvalue weighted by molar-refractivity contribution is -0.161. The van der Waals surface area contributed by atoms with Crippen LogP contribution in [0.5, 0.6) is 5.75 Å². The minimum atomic E-state index is -4.76. The van der Waals surface area contributed by atoms with E-state index in [9.17, 15) is 55.8 Å². The monoisotopic (exact) mass is 1100 g/mol. The molecule has 0 spiro atoms. The molecule has 2 aromatic carbocycles. The minimum Gasteiger partial charge on any atom is -0.507 e. The first-order valence-electron chi connectivity index (χ1n) is 23.2. The van der Waals surface area contributed by atoms with Gasteiger partial charge in [-0.25, -0.2) is 37.0 Å². The number of phenolic OH excluding ortho intramolecular Hbond substituents is 1. The molecule has 5 aromatic rings. The maximum atomic E-state index is 14.7. The van der Waals surface area contributed by atoms with Crippen LogP contribution in [0, 0.1) is 31.3 Å². The van der Waals surface area contributed by atoms with Crippen LogP contribution in [-0.4, -0.2) is 132 Å². The van der Waals surface area contributed by atoms with Gasteiger partial charge >= 0.3 is 22.2 Å². The number of amides is 2. The number of hydrogen-bond donors (Lipinski definition) is 8. The third-order valence-electron chi connectivity index (χ3n) is 12.4. The smallest absolute Gasteiger partial charge is 0.362 e. The number of carboxylic acids is 2. The van der Waals surface area contributed by atoms with Crippen molar-refractivity contribution in [1.82, 2.24) is 29.5 Å². The second-order valence-corrected chi connectivity index (χ2v) is 21.6. The Bertz CT molecular complexity index is 3380. The van der Waals surface area contributed by atoms with Crippen molar-refractivity contribution < 1.29 is 65.5 Å². The number of aliphatic imine (C=N–C) groups is 1. The number of hydrogen-bond acceptors (Lipinski definition) is 18. The standard InChI is InChI=1S/C19H15F3N4O3.C16H24N2O.C13H17N5O8S2/c20-9-1-2-15(13(21)5-9)26-8-12(19(28)29)16(27)11-6-14(22)18(24-17(11)26)25-4-3-10(23)7-25;1-10-8-13(16(3,4)5)15(19)11(2)12(10)9-14-17-6-7-18-14;1-5-7(10(20)18(5)28(23,24)25)16-9(19)8(6-4-27-12(14)15-6)17-26-13(2,3)11(21)22/h1-2,5-6,8,10H,3-4,7,23H2,(H,28,29);8,19H,6-7,9H2,1-5H3,(H,17,18);4-5,7H,1-3H3,(H2,14,15)(H,16,19)(H,21,22)(H,23,24,25)/b;;17-8-/t;;5-,7-/m..0/s1. The predicted molar refractivity (Wildman–Crippen MR) is 275 cm³/mol. The third-order valence-corrected chi connectivity index (χ3v) is 14.0. The van der Waals surface area contributed by atoms with Gasteiger partial charge in [-0.05, 0) is 86.9 Å². The number of anilines is 2. The number of carbonyl (C=O) groups excluding carboxylic acids is 2. The van der Waals surface area contributed by atoms with Crippen molar-refractivity contribution in [2.75, 3.05) is 36.8 Å². The first kappa shape index (κ1) is 57.6. The van der Waals surface area contributed by atoms with Crippen molar-refractivity contribution in [2.24, 2.45) is 15.9 Å². The van der Waals surface area contributed by atoms with Gasteiger partial charge < -0.3 is 47.2 Å². The number of nitrogens with zero attached hydrogens (tertiary/aromatic N) is 7. The zero-order valence-corrected chi connectivity index (χ0v) is 43.9. The number of aromatic hydroxyl groups is 1. The van der Waals surface area contributed by atoms with Crippen LogP contribution >= 0.6 is 11.3 Å². The first-order valence-corrected chi connectivity index (χ1v) is 25.5. The van der Waals surface area contributed by atoms with E-state index in [4.69, 9.17) is 26.0 Å². The van der Waals surface area contributed by atoms with E-state index in [1.54, 1.807) is 4.90 Å². The molecule has 76 heavy (non-hydrogen) atoms. The van der Waals surface area contributed by atoms with Crippen molar-refractivity contribution in [3.8, 4) is 11.4 Å². The molecule has 1 unspecified atom stereocenters. The zero-order chi connectivity index (χ0) is 56.5. The van der Waals surface area contributed by atoms with E-state index in [0.717, 1.165) is 76.8 Å². The fourth-order valence-electron chi connectivity index (χ4n) is 8.13. The maximum Gasteiger partial charge on any atom is 0.362 e. The SMILES string of the molecule is C[C@H]1[C@H](NC(=O)/C(=N\OC(C)(C)C(=O)O)c2csc(N)n2)C(=O)N1S(=O)(=O)O.Cc1cc(C(C)(C)C)c(O)c(C)c1CC1=NCCN1.NC1CCN(c2nc3c(cc2F)c(=O)c(C(=O)O)cn3-c2ccc(F)cc2F)C1. The molecule has 3 aromatic heterocycles. The molecule has 3 aliphatic rings. The summed E-state index contributed by atoms with van der Waals surface area (Å²) in [5.41, 5.74) is 11.5. The molecule has 23 nitrogen and oxygen atoms in total. The summed E-state index contributed by atoms with van der Waals surface area (Å²) in [4.78, 5) is 78.7.